The van der Waals surface area contributed by atoms with Crippen molar-refractivity contribution in [1.29, 1.82) is 5.26 Å². The highest BCUT2D eigenvalue weighted by atomic mass is 16.5. The topological polar surface area (TPSA) is 63.0 Å². The first kappa shape index (κ1) is 14.3. The third-order valence-electron chi connectivity index (χ3n) is 3.94. The van der Waals surface area contributed by atoms with Gasteiger partial charge in [-0.3, -0.25) is 4.98 Å². The Morgan fingerprint density at radius 2 is 2.09 bits per heavy atom. The van der Waals surface area contributed by atoms with Gasteiger partial charge < -0.3 is 4.74 Å². The van der Waals surface area contributed by atoms with Crippen LogP contribution < -0.4 is 0 Å². The van der Waals surface area contributed by atoms with Crippen LogP contribution in [0, 0.1) is 18.3 Å². The first-order valence-corrected chi connectivity index (χ1v) is 7.23. The van der Waals surface area contributed by atoms with Gasteiger partial charge in [0.15, 0.2) is 0 Å². The number of methoxy groups -OCH3 is 1. The van der Waals surface area contributed by atoms with E-state index in [1.165, 1.54) is 12.7 Å². The molecular formula is C18H16N2O2. The fourth-order valence-electron chi connectivity index (χ4n) is 2.66. The van der Waals surface area contributed by atoms with Gasteiger partial charge in [0.05, 0.1) is 24.3 Å². The van der Waals surface area contributed by atoms with Crippen molar-refractivity contribution in [3.8, 4) is 17.2 Å². The van der Waals surface area contributed by atoms with Gasteiger partial charge in [0.1, 0.15) is 0 Å². The van der Waals surface area contributed by atoms with Gasteiger partial charge in [-0.15, -0.1) is 0 Å². The van der Waals surface area contributed by atoms with E-state index in [1.54, 1.807) is 6.20 Å². The molecule has 4 nitrogen and oxygen atoms in total. The minimum absolute atomic E-state index is 0.411. The molecule has 0 bridgehead atoms. The summed E-state index contributed by atoms with van der Waals surface area (Å²) in [5.74, 6) is 0.105. The van der Waals surface area contributed by atoms with E-state index in [2.05, 4.69) is 11.1 Å². The molecule has 1 aliphatic carbocycles. The van der Waals surface area contributed by atoms with Crippen LogP contribution in [0.2, 0.25) is 0 Å². The Labute approximate surface area is 129 Å². The lowest BCUT2D eigenvalue weighted by Gasteiger charge is -2.13. The predicted octanol–water partition coefficient (Wildman–Crippen LogP) is 3.59. The van der Waals surface area contributed by atoms with Gasteiger partial charge in [0.25, 0.3) is 0 Å². The number of rotatable bonds is 3. The van der Waals surface area contributed by atoms with E-state index in [1.807, 2.05) is 31.2 Å². The summed E-state index contributed by atoms with van der Waals surface area (Å²) in [6, 6.07) is 9.75. The molecule has 0 saturated heterocycles. The first-order chi connectivity index (χ1) is 10.6. The SMILES string of the molecule is COC(=O)c1cnc(C)cc1-c1cc(C#N)ccc1C1CC1. The van der Waals surface area contributed by atoms with Crippen molar-refractivity contribution in [3.63, 3.8) is 0 Å². The highest BCUT2D eigenvalue weighted by Gasteiger charge is 2.28. The smallest absolute Gasteiger partial charge is 0.340 e. The van der Waals surface area contributed by atoms with E-state index in [4.69, 9.17) is 4.74 Å². The molecule has 0 radical (unpaired) electrons. The maximum atomic E-state index is 12.0. The minimum atomic E-state index is -0.411. The van der Waals surface area contributed by atoms with Gasteiger partial charge in [-0.2, -0.15) is 5.26 Å². The van der Waals surface area contributed by atoms with Crippen molar-refractivity contribution in [2.75, 3.05) is 7.11 Å². The number of hydrogen-bond acceptors (Lipinski definition) is 4. The number of hydrogen-bond donors (Lipinski definition) is 0. The van der Waals surface area contributed by atoms with E-state index in [-0.39, 0.29) is 0 Å². The van der Waals surface area contributed by atoms with Crippen molar-refractivity contribution in [2.45, 2.75) is 25.7 Å². The van der Waals surface area contributed by atoms with Crippen LogP contribution in [-0.4, -0.2) is 18.1 Å². The molecule has 1 aliphatic rings. The fourth-order valence-corrected chi connectivity index (χ4v) is 2.66. The van der Waals surface area contributed by atoms with Crippen molar-refractivity contribution < 1.29 is 9.53 Å². The van der Waals surface area contributed by atoms with Crippen LogP contribution >= 0.6 is 0 Å². The Morgan fingerprint density at radius 1 is 1.32 bits per heavy atom. The number of nitrogens with zero attached hydrogens (tertiary/aromatic N) is 2. The molecule has 0 atom stereocenters. The monoisotopic (exact) mass is 292 g/mol. The van der Waals surface area contributed by atoms with E-state index >= 15 is 0 Å². The summed E-state index contributed by atoms with van der Waals surface area (Å²) < 4.78 is 4.87. The largest absolute Gasteiger partial charge is 0.465 e. The van der Waals surface area contributed by atoms with Gasteiger partial charge in [-0.05, 0) is 60.6 Å². The Hall–Kier alpha value is -2.67. The Kier molecular flexibility index (Phi) is 3.64. The maximum absolute atomic E-state index is 12.0. The molecule has 3 rings (SSSR count). The molecule has 0 aliphatic heterocycles. The second kappa shape index (κ2) is 5.61. The summed E-state index contributed by atoms with van der Waals surface area (Å²) in [6.07, 6.45) is 3.85. The summed E-state index contributed by atoms with van der Waals surface area (Å²) in [7, 11) is 1.36. The van der Waals surface area contributed by atoms with Crippen LogP contribution in [0.4, 0.5) is 0 Å². The zero-order valence-corrected chi connectivity index (χ0v) is 12.6. The molecule has 110 valence electrons. The molecule has 2 aromatic rings. The Bertz CT molecular complexity index is 786. The zero-order valence-electron chi connectivity index (χ0n) is 12.6. The first-order valence-electron chi connectivity index (χ1n) is 7.23. The van der Waals surface area contributed by atoms with Crippen molar-refractivity contribution in [1.82, 2.24) is 4.98 Å². The van der Waals surface area contributed by atoms with Crippen LogP contribution in [0.15, 0.2) is 30.5 Å². The third kappa shape index (κ3) is 2.58. The number of aromatic nitrogens is 1. The summed E-state index contributed by atoms with van der Waals surface area (Å²) in [5.41, 5.74) is 4.77. The number of nitriles is 1. The second-order valence-electron chi connectivity index (χ2n) is 5.55. The van der Waals surface area contributed by atoms with Crippen molar-refractivity contribution in [2.24, 2.45) is 0 Å². The number of carbonyl (C=O) groups excluding carboxylic acids is 1. The zero-order chi connectivity index (χ0) is 15.7. The number of pyridine rings is 1. The van der Waals surface area contributed by atoms with Gasteiger partial charge in [0, 0.05) is 11.9 Å². The fraction of sp³-hybridized carbons (Fsp3) is 0.278. The molecule has 0 spiro atoms. The van der Waals surface area contributed by atoms with Crippen LogP contribution in [0.5, 0.6) is 0 Å². The van der Waals surface area contributed by atoms with Crippen LogP contribution in [0.1, 0.15) is 45.9 Å². The number of aryl methyl sites for hydroxylation is 1. The standard InChI is InChI=1S/C18H16N2O2/c1-11-7-15(17(10-20-11)18(21)22-2)16-8-12(9-19)3-6-14(16)13-4-5-13/h3,6-8,10,13H,4-5H2,1-2H3. The van der Waals surface area contributed by atoms with E-state index in [0.717, 1.165) is 29.7 Å². The molecule has 1 saturated carbocycles. The summed E-state index contributed by atoms with van der Waals surface area (Å²) in [5, 5.41) is 9.18. The van der Waals surface area contributed by atoms with Crippen LogP contribution in [0.25, 0.3) is 11.1 Å². The summed E-state index contributed by atoms with van der Waals surface area (Å²) >= 11 is 0. The van der Waals surface area contributed by atoms with E-state index in [9.17, 15) is 10.1 Å². The Morgan fingerprint density at radius 3 is 2.73 bits per heavy atom. The number of benzene rings is 1. The lowest BCUT2D eigenvalue weighted by Crippen LogP contribution is -2.06. The molecule has 1 aromatic heterocycles. The average Bonchev–Trinajstić information content (AvgIpc) is 3.38. The number of carbonyl (C=O) groups is 1. The van der Waals surface area contributed by atoms with E-state index in [0.29, 0.717) is 17.0 Å². The van der Waals surface area contributed by atoms with E-state index < -0.39 is 5.97 Å². The molecule has 0 unspecified atom stereocenters. The van der Waals surface area contributed by atoms with Crippen LogP contribution in [-0.2, 0) is 4.74 Å². The summed E-state index contributed by atoms with van der Waals surface area (Å²) in [6.45, 7) is 1.88. The minimum Gasteiger partial charge on any atom is -0.465 e. The van der Waals surface area contributed by atoms with Gasteiger partial charge in [-0.25, -0.2) is 4.79 Å². The second-order valence-corrected chi connectivity index (χ2v) is 5.55. The Balaban J connectivity index is 2.24. The van der Waals surface area contributed by atoms with Gasteiger partial charge >= 0.3 is 5.97 Å². The molecule has 1 fully saturated rings. The third-order valence-corrected chi connectivity index (χ3v) is 3.94. The highest BCUT2D eigenvalue weighted by molar-refractivity contribution is 5.97. The molecule has 22 heavy (non-hydrogen) atoms. The highest BCUT2D eigenvalue weighted by Crippen LogP contribution is 2.45. The van der Waals surface area contributed by atoms with Gasteiger partial charge in [0.2, 0.25) is 0 Å². The molecule has 4 heteroatoms. The predicted molar refractivity (Wildman–Crippen MR) is 82.4 cm³/mol. The van der Waals surface area contributed by atoms with Crippen LogP contribution in [0.3, 0.4) is 0 Å². The lowest BCUT2D eigenvalue weighted by molar-refractivity contribution is 0.0601. The van der Waals surface area contributed by atoms with Crippen molar-refractivity contribution >= 4 is 5.97 Å². The van der Waals surface area contributed by atoms with Gasteiger partial charge in [-0.1, -0.05) is 6.07 Å². The summed E-state index contributed by atoms with van der Waals surface area (Å²) in [4.78, 5) is 16.2. The number of esters is 1. The van der Waals surface area contributed by atoms with Crippen molar-refractivity contribution in [3.05, 3.63) is 52.8 Å². The molecule has 1 heterocycles. The molecule has 1 aromatic carbocycles. The quantitative estimate of drug-likeness (QED) is 0.811. The number of ether oxygens (including phenoxy) is 1. The maximum Gasteiger partial charge on any atom is 0.340 e. The molecule has 0 N–H and O–H groups in total. The average molecular weight is 292 g/mol. The molecular weight excluding hydrogens is 276 g/mol. The normalized spacial score (nSPS) is 13.5. The molecule has 0 amide bonds. The lowest BCUT2D eigenvalue weighted by atomic mass is 9.92.